The maximum atomic E-state index is 12.6. The molecular weight excluding hydrogens is 360 g/mol. The second-order valence-corrected chi connectivity index (χ2v) is 8.00. The summed E-state index contributed by atoms with van der Waals surface area (Å²) in [6.07, 6.45) is 1.98. The van der Waals surface area contributed by atoms with Gasteiger partial charge in [0.15, 0.2) is 5.60 Å². The number of benzene rings is 2. The van der Waals surface area contributed by atoms with E-state index in [1.807, 2.05) is 30.3 Å². The Labute approximate surface area is 161 Å². The topological polar surface area (TPSA) is 68.3 Å². The fraction of sp³-hybridized carbons (Fsp3) is 0.286. The smallest absolute Gasteiger partial charge is 0.339 e. The standard InChI is InChI=1S/C21H20N2O3S/c1-21(13-14-7-2-3-8-15(14)19(24)26-21)20(25)22-12-6-11-18-23-16-9-4-5-10-17(16)27-18/h2-5,7-10H,6,11-13H2,1H3,(H,22,25). The lowest BCUT2D eigenvalue weighted by atomic mass is 9.89. The molecule has 138 valence electrons. The van der Waals surface area contributed by atoms with Crippen molar-refractivity contribution in [2.45, 2.75) is 31.8 Å². The molecule has 3 aromatic rings. The predicted molar refractivity (Wildman–Crippen MR) is 105 cm³/mol. The number of aromatic nitrogens is 1. The highest BCUT2D eigenvalue weighted by Gasteiger charge is 2.42. The van der Waals surface area contributed by atoms with Gasteiger partial charge < -0.3 is 10.1 Å². The number of fused-ring (bicyclic) bond motifs is 2. The molecule has 1 N–H and O–H groups in total. The van der Waals surface area contributed by atoms with E-state index in [0.717, 1.165) is 28.9 Å². The van der Waals surface area contributed by atoms with Crippen molar-refractivity contribution in [2.24, 2.45) is 0 Å². The summed E-state index contributed by atoms with van der Waals surface area (Å²) in [5, 5.41) is 3.97. The third-order valence-electron chi connectivity index (χ3n) is 4.75. The summed E-state index contributed by atoms with van der Waals surface area (Å²) in [7, 11) is 0. The number of nitrogens with one attached hydrogen (secondary N) is 1. The molecular formula is C21H20N2O3S. The molecule has 6 heteroatoms. The largest absolute Gasteiger partial charge is 0.445 e. The second-order valence-electron chi connectivity index (χ2n) is 6.89. The van der Waals surface area contributed by atoms with Crippen LogP contribution in [0.5, 0.6) is 0 Å². The lowest BCUT2D eigenvalue weighted by molar-refractivity contribution is -0.139. The first kappa shape index (κ1) is 17.7. The number of cyclic esters (lactones) is 1. The van der Waals surface area contributed by atoms with Crippen LogP contribution in [0.25, 0.3) is 10.2 Å². The number of rotatable bonds is 5. The first-order chi connectivity index (χ1) is 13.0. The molecule has 1 amide bonds. The molecule has 0 saturated heterocycles. The van der Waals surface area contributed by atoms with Crippen molar-refractivity contribution in [3.8, 4) is 0 Å². The highest BCUT2D eigenvalue weighted by molar-refractivity contribution is 7.18. The van der Waals surface area contributed by atoms with Gasteiger partial charge in [0, 0.05) is 19.4 Å². The molecule has 1 aliphatic heterocycles. The number of esters is 1. The third kappa shape index (κ3) is 3.57. The highest BCUT2D eigenvalue weighted by Crippen LogP contribution is 2.28. The zero-order valence-electron chi connectivity index (χ0n) is 15.0. The number of aryl methyl sites for hydroxylation is 1. The minimum atomic E-state index is -1.17. The number of hydrogen-bond donors (Lipinski definition) is 1. The number of carbonyl (C=O) groups excluding carboxylic acids is 2. The molecule has 4 rings (SSSR count). The van der Waals surface area contributed by atoms with Gasteiger partial charge in [-0.1, -0.05) is 30.3 Å². The van der Waals surface area contributed by atoms with E-state index in [4.69, 9.17) is 4.74 Å². The monoisotopic (exact) mass is 380 g/mol. The van der Waals surface area contributed by atoms with Crippen molar-refractivity contribution in [3.05, 3.63) is 64.7 Å². The molecule has 1 aliphatic rings. The van der Waals surface area contributed by atoms with Crippen molar-refractivity contribution in [2.75, 3.05) is 6.54 Å². The average molecular weight is 380 g/mol. The van der Waals surface area contributed by atoms with Crippen LogP contribution in [0.3, 0.4) is 0 Å². The summed E-state index contributed by atoms with van der Waals surface area (Å²) in [6, 6.07) is 15.3. The van der Waals surface area contributed by atoms with E-state index in [1.165, 1.54) is 4.70 Å². The molecule has 0 radical (unpaired) electrons. The van der Waals surface area contributed by atoms with E-state index >= 15 is 0 Å². The van der Waals surface area contributed by atoms with Gasteiger partial charge in [-0.05, 0) is 37.1 Å². The van der Waals surface area contributed by atoms with Crippen LogP contribution >= 0.6 is 11.3 Å². The number of hydrogen-bond acceptors (Lipinski definition) is 5. The molecule has 2 aromatic carbocycles. The zero-order valence-corrected chi connectivity index (χ0v) is 15.8. The lowest BCUT2D eigenvalue weighted by Crippen LogP contribution is -2.51. The van der Waals surface area contributed by atoms with Crippen LogP contribution in [0, 0.1) is 0 Å². The highest BCUT2D eigenvalue weighted by atomic mass is 32.1. The molecule has 1 atom stereocenters. The summed E-state index contributed by atoms with van der Waals surface area (Å²) in [4.78, 5) is 29.4. The Balaban J connectivity index is 1.33. The van der Waals surface area contributed by atoms with Gasteiger partial charge in [-0.15, -0.1) is 11.3 Å². The van der Waals surface area contributed by atoms with E-state index in [-0.39, 0.29) is 5.91 Å². The molecule has 27 heavy (non-hydrogen) atoms. The quantitative estimate of drug-likeness (QED) is 0.543. The van der Waals surface area contributed by atoms with Crippen LogP contribution in [0.4, 0.5) is 0 Å². The maximum Gasteiger partial charge on any atom is 0.339 e. The van der Waals surface area contributed by atoms with Crippen molar-refractivity contribution in [1.82, 2.24) is 10.3 Å². The zero-order chi connectivity index (χ0) is 18.9. The van der Waals surface area contributed by atoms with Gasteiger partial charge in [0.1, 0.15) is 0 Å². The van der Waals surface area contributed by atoms with Crippen molar-refractivity contribution in [3.63, 3.8) is 0 Å². The van der Waals surface area contributed by atoms with Crippen molar-refractivity contribution >= 4 is 33.4 Å². The SMILES string of the molecule is CC1(C(=O)NCCCc2nc3ccccc3s2)Cc2ccccc2C(=O)O1. The number of para-hydroxylation sites is 1. The minimum Gasteiger partial charge on any atom is -0.445 e. The van der Waals surface area contributed by atoms with Gasteiger partial charge in [-0.3, -0.25) is 4.79 Å². The Morgan fingerprint density at radius 1 is 1.22 bits per heavy atom. The van der Waals surface area contributed by atoms with Gasteiger partial charge in [0.2, 0.25) is 0 Å². The van der Waals surface area contributed by atoms with Gasteiger partial charge in [-0.2, -0.15) is 0 Å². The Kier molecular flexibility index (Phi) is 4.66. The van der Waals surface area contributed by atoms with Gasteiger partial charge in [0.05, 0.1) is 20.8 Å². The Bertz CT molecular complexity index is 980. The van der Waals surface area contributed by atoms with Crippen LogP contribution in [-0.4, -0.2) is 29.0 Å². The summed E-state index contributed by atoms with van der Waals surface area (Å²) >= 11 is 1.68. The first-order valence-electron chi connectivity index (χ1n) is 8.99. The van der Waals surface area contributed by atoms with Crippen LogP contribution in [-0.2, 0) is 22.4 Å². The summed E-state index contributed by atoms with van der Waals surface area (Å²) in [5.41, 5.74) is 1.24. The molecule has 0 aliphatic carbocycles. The minimum absolute atomic E-state index is 0.255. The first-order valence-corrected chi connectivity index (χ1v) is 9.81. The van der Waals surface area contributed by atoms with E-state index in [9.17, 15) is 9.59 Å². The number of carbonyl (C=O) groups is 2. The Morgan fingerprint density at radius 3 is 2.85 bits per heavy atom. The van der Waals surface area contributed by atoms with Crippen LogP contribution in [0.1, 0.15) is 34.3 Å². The molecule has 0 spiro atoms. The molecule has 1 aromatic heterocycles. The normalized spacial score (nSPS) is 18.8. The van der Waals surface area contributed by atoms with Crippen LogP contribution in [0.2, 0.25) is 0 Å². The Morgan fingerprint density at radius 2 is 2.00 bits per heavy atom. The molecule has 0 bridgehead atoms. The summed E-state index contributed by atoms with van der Waals surface area (Å²) < 4.78 is 6.63. The van der Waals surface area contributed by atoms with Crippen LogP contribution < -0.4 is 5.32 Å². The molecule has 1 unspecified atom stereocenters. The second kappa shape index (κ2) is 7.12. The van der Waals surface area contributed by atoms with Crippen molar-refractivity contribution < 1.29 is 14.3 Å². The van der Waals surface area contributed by atoms with Crippen molar-refractivity contribution in [1.29, 1.82) is 0 Å². The summed E-state index contributed by atoms with van der Waals surface area (Å²) in [5.74, 6) is -0.696. The van der Waals surface area contributed by atoms with E-state index in [0.29, 0.717) is 18.5 Å². The molecule has 2 heterocycles. The van der Waals surface area contributed by atoms with E-state index < -0.39 is 11.6 Å². The molecule has 0 fully saturated rings. The molecule has 5 nitrogen and oxygen atoms in total. The predicted octanol–water partition coefficient (Wildman–Crippen LogP) is 3.52. The van der Waals surface area contributed by atoms with Crippen LogP contribution in [0.15, 0.2) is 48.5 Å². The maximum absolute atomic E-state index is 12.6. The van der Waals surface area contributed by atoms with E-state index in [1.54, 1.807) is 30.4 Å². The Hall–Kier alpha value is -2.73. The van der Waals surface area contributed by atoms with Gasteiger partial charge in [0.25, 0.3) is 5.91 Å². The lowest BCUT2D eigenvalue weighted by Gasteiger charge is -2.33. The average Bonchev–Trinajstić information content (AvgIpc) is 3.08. The number of nitrogens with zero attached hydrogens (tertiary/aromatic N) is 1. The van der Waals surface area contributed by atoms with Gasteiger partial charge in [-0.25, -0.2) is 9.78 Å². The van der Waals surface area contributed by atoms with Gasteiger partial charge >= 0.3 is 5.97 Å². The fourth-order valence-corrected chi connectivity index (χ4v) is 4.32. The third-order valence-corrected chi connectivity index (χ3v) is 5.85. The number of amides is 1. The number of ether oxygens (including phenoxy) is 1. The van der Waals surface area contributed by atoms with E-state index in [2.05, 4.69) is 16.4 Å². The fourth-order valence-electron chi connectivity index (χ4n) is 3.31. The summed E-state index contributed by atoms with van der Waals surface area (Å²) in [6.45, 7) is 2.19. The number of thiazole rings is 1. The molecule has 0 saturated carbocycles.